The van der Waals surface area contributed by atoms with Gasteiger partial charge in [-0.1, -0.05) is 26.7 Å². The summed E-state index contributed by atoms with van der Waals surface area (Å²) in [5, 5.41) is 14.0. The number of ether oxygens (including phenoxy) is 3. The van der Waals surface area contributed by atoms with E-state index >= 15 is 0 Å². The number of hydrogen-bond donors (Lipinski definition) is 2. The summed E-state index contributed by atoms with van der Waals surface area (Å²) in [6, 6.07) is 17.4. The number of piperidine rings is 1. The number of rotatable bonds is 13. The molecule has 4 rings (SSSR count). The highest BCUT2D eigenvalue weighted by atomic mass is 32.2. The molecule has 0 spiro atoms. The summed E-state index contributed by atoms with van der Waals surface area (Å²) in [7, 11) is -3.36. The Bertz CT molecular complexity index is 1490. The number of carbonyl (C=O) groups is 1. The van der Waals surface area contributed by atoms with Gasteiger partial charge in [-0.3, -0.25) is 0 Å². The molecule has 1 aliphatic heterocycles. The van der Waals surface area contributed by atoms with E-state index in [-0.39, 0.29) is 17.5 Å². The second-order valence-electron chi connectivity index (χ2n) is 11.2. The van der Waals surface area contributed by atoms with Crippen LogP contribution in [0.5, 0.6) is 28.7 Å². The number of urea groups is 1. The van der Waals surface area contributed by atoms with Crippen molar-refractivity contribution in [3.05, 3.63) is 66.7 Å². The van der Waals surface area contributed by atoms with E-state index in [4.69, 9.17) is 14.2 Å². The summed E-state index contributed by atoms with van der Waals surface area (Å²) in [5.74, 6) is 2.58. The Balaban J connectivity index is 1.50. The Kier molecular flexibility index (Phi) is 11.1. The molecule has 44 heavy (non-hydrogen) atoms. The largest absolute Gasteiger partial charge is 0.491 e. The smallest absolute Gasteiger partial charge is 0.321 e. The van der Waals surface area contributed by atoms with Crippen LogP contribution in [0.15, 0.2) is 71.6 Å². The summed E-state index contributed by atoms with van der Waals surface area (Å²) >= 11 is 0. The molecule has 1 fully saturated rings. The molecule has 0 saturated carbocycles. The van der Waals surface area contributed by atoms with Crippen molar-refractivity contribution in [2.45, 2.75) is 56.4 Å². The first kappa shape index (κ1) is 33.1. The maximum atomic E-state index is 13.3. The van der Waals surface area contributed by atoms with E-state index in [1.807, 2.05) is 0 Å². The molecule has 3 aromatic rings. The zero-order chi connectivity index (χ0) is 31.7. The standard InChI is InChI=1S/C33H41FN2O7S/c1-4-24(5-2)23-33(38)14-17-36(18-15-33)32(37)35-25-20-29(42-27-8-6-26(7-9-27)41-19-16-34)22-30(21-25)43-28-10-12-31(13-11-28)44(3,39)40/h6-13,20-22,24,38H,4-5,14-19,23H2,1-3H3,(H,35,37). The second kappa shape index (κ2) is 14.8. The fraction of sp³-hybridized carbons (Fsp3) is 0.424. The van der Waals surface area contributed by atoms with Crippen LogP contribution >= 0.6 is 0 Å². The lowest BCUT2D eigenvalue weighted by molar-refractivity contribution is -0.0309. The van der Waals surface area contributed by atoms with Crippen molar-refractivity contribution in [1.82, 2.24) is 4.90 Å². The van der Waals surface area contributed by atoms with Gasteiger partial charge < -0.3 is 29.5 Å². The van der Waals surface area contributed by atoms with Gasteiger partial charge in [0.05, 0.1) is 10.5 Å². The van der Waals surface area contributed by atoms with Crippen molar-refractivity contribution in [3.8, 4) is 28.7 Å². The zero-order valence-corrected chi connectivity index (χ0v) is 26.2. The monoisotopic (exact) mass is 628 g/mol. The van der Waals surface area contributed by atoms with Gasteiger partial charge in [-0.2, -0.15) is 0 Å². The predicted octanol–water partition coefficient (Wildman–Crippen LogP) is 7.21. The lowest BCUT2D eigenvalue weighted by atomic mass is 9.81. The number of nitrogens with one attached hydrogen (secondary N) is 1. The van der Waals surface area contributed by atoms with Crippen LogP contribution in [0.2, 0.25) is 0 Å². The summed E-state index contributed by atoms with van der Waals surface area (Å²) in [6.45, 7) is 4.52. The number of hydrogen-bond acceptors (Lipinski definition) is 7. The Morgan fingerprint density at radius 3 is 1.93 bits per heavy atom. The Labute approximate surface area is 258 Å². The molecule has 0 radical (unpaired) electrons. The van der Waals surface area contributed by atoms with E-state index in [1.54, 1.807) is 59.5 Å². The minimum absolute atomic E-state index is 0.0396. The number of aliphatic hydroxyl groups is 1. The molecule has 0 atom stereocenters. The van der Waals surface area contributed by atoms with Crippen LogP contribution in [0.3, 0.4) is 0 Å². The van der Waals surface area contributed by atoms with Crippen LogP contribution in [-0.4, -0.2) is 62.7 Å². The van der Waals surface area contributed by atoms with Crippen LogP contribution in [0.4, 0.5) is 14.9 Å². The number of alkyl halides is 1. The molecule has 0 aliphatic carbocycles. The van der Waals surface area contributed by atoms with E-state index < -0.39 is 22.1 Å². The minimum atomic E-state index is -3.36. The molecule has 1 saturated heterocycles. The molecule has 11 heteroatoms. The van der Waals surface area contributed by atoms with Gasteiger partial charge in [0.25, 0.3) is 0 Å². The molecule has 1 heterocycles. The third kappa shape index (κ3) is 9.33. The highest BCUT2D eigenvalue weighted by molar-refractivity contribution is 7.90. The van der Waals surface area contributed by atoms with E-state index in [0.717, 1.165) is 25.5 Å². The molecular weight excluding hydrogens is 587 g/mol. The SMILES string of the molecule is CCC(CC)CC1(O)CCN(C(=O)Nc2cc(Oc3ccc(OCCF)cc3)cc(Oc3ccc(S(C)(=O)=O)cc3)c2)CC1. The Morgan fingerprint density at radius 1 is 0.909 bits per heavy atom. The number of amides is 2. The fourth-order valence-electron chi connectivity index (χ4n) is 5.20. The normalized spacial score (nSPS) is 14.7. The summed E-state index contributed by atoms with van der Waals surface area (Å²) in [4.78, 5) is 15.1. The van der Waals surface area contributed by atoms with Gasteiger partial charge in [0.1, 0.15) is 42.0 Å². The number of anilines is 1. The molecule has 0 aromatic heterocycles. The average molecular weight is 629 g/mol. The Hall–Kier alpha value is -3.83. The average Bonchev–Trinajstić information content (AvgIpc) is 2.99. The third-order valence-electron chi connectivity index (χ3n) is 7.83. The van der Waals surface area contributed by atoms with E-state index in [9.17, 15) is 22.7 Å². The quantitative estimate of drug-likeness (QED) is 0.206. The van der Waals surface area contributed by atoms with Crippen molar-refractivity contribution in [3.63, 3.8) is 0 Å². The first-order valence-corrected chi connectivity index (χ1v) is 16.8. The number of nitrogens with zero attached hydrogens (tertiary/aromatic N) is 1. The van der Waals surface area contributed by atoms with Crippen molar-refractivity contribution >= 4 is 21.6 Å². The van der Waals surface area contributed by atoms with Gasteiger partial charge in [-0.25, -0.2) is 17.6 Å². The summed E-state index contributed by atoms with van der Waals surface area (Å²) < 4.78 is 53.5. The van der Waals surface area contributed by atoms with Crippen molar-refractivity contribution in [2.75, 3.05) is 37.9 Å². The van der Waals surface area contributed by atoms with Crippen molar-refractivity contribution in [2.24, 2.45) is 5.92 Å². The minimum Gasteiger partial charge on any atom is -0.491 e. The second-order valence-corrected chi connectivity index (χ2v) is 13.2. The van der Waals surface area contributed by atoms with Crippen molar-refractivity contribution in [1.29, 1.82) is 0 Å². The number of sulfone groups is 1. The van der Waals surface area contributed by atoms with Gasteiger partial charge in [0.2, 0.25) is 0 Å². The van der Waals surface area contributed by atoms with E-state index in [2.05, 4.69) is 19.2 Å². The molecule has 0 unspecified atom stereocenters. The van der Waals surface area contributed by atoms with Crippen molar-refractivity contribution < 1.29 is 36.9 Å². The lowest BCUT2D eigenvalue weighted by Crippen LogP contribution is -2.48. The molecule has 9 nitrogen and oxygen atoms in total. The molecule has 2 amide bonds. The van der Waals surface area contributed by atoms with Gasteiger partial charge >= 0.3 is 6.03 Å². The highest BCUT2D eigenvalue weighted by Gasteiger charge is 2.35. The molecule has 0 bridgehead atoms. The molecular formula is C33H41FN2O7S. The molecule has 1 aliphatic rings. The molecule has 2 N–H and O–H groups in total. The van der Waals surface area contributed by atoms with E-state index in [1.165, 1.54) is 12.1 Å². The predicted molar refractivity (Wildman–Crippen MR) is 168 cm³/mol. The van der Waals surface area contributed by atoms with Crippen LogP contribution in [0.25, 0.3) is 0 Å². The summed E-state index contributed by atoms with van der Waals surface area (Å²) in [6.07, 6.45) is 4.94. The first-order chi connectivity index (χ1) is 21.0. The van der Waals surface area contributed by atoms with Gasteiger partial charge in [-0.15, -0.1) is 0 Å². The number of halogens is 1. The number of carbonyl (C=O) groups excluding carboxylic acids is 1. The molecule has 3 aromatic carbocycles. The Morgan fingerprint density at radius 2 is 1.43 bits per heavy atom. The van der Waals surface area contributed by atoms with Crippen LogP contribution in [0.1, 0.15) is 46.0 Å². The zero-order valence-electron chi connectivity index (χ0n) is 25.4. The van der Waals surface area contributed by atoms with Crippen LogP contribution in [-0.2, 0) is 9.84 Å². The van der Waals surface area contributed by atoms with E-state index in [0.29, 0.717) is 66.3 Å². The third-order valence-corrected chi connectivity index (χ3v) is 8.96. The number of benzene rings is 3. The van der Waals surface area contributed by atoms with Gasteiger partial charge in [0, 0.05) is 43.2 Å². The van der Waals surface area contributed by atoms with Gasteiger partial charge in [0.15, 0.2) is 9.84 Å². The summed E-state index contributed by atoms with van der Waals surface area (Å²) in [5.41, 5.74) is -0.336. The number of likely N-dealkylation sites (tertiary alicyclic amines) is 1. The topological polar surface area (TPSA) is 114 Å². The van der Waals surface area contributed by atoms with Crippen LogP contribution in [0, 0.1) is 5.92 Å². The molecule has 238 valence electrons. The maximum absolute atomic E-state index is 13.3. The lowest BCUT2D eigenvalue weighted by Gasteiger charge is -2.39. The highest BCUT2D eigenvalue weighted by Crippen LogP contribution is 2.35. The van der Waals surface area contributed by atoms with Crippen LogP contribution < -0.4 is 19.5 Å². The fourth-order valence-corrected chi connectivity index (χ4v) is 5.83. The first-order valence-electron chi connectivity index (χ1n) is 14.9. The van der Waals surface area contributed by atoms with Gasteiger partial charge in [-0.05, 0) is 73.7 Å². The maximum Gasteiger partial charge on any atom is 0.321 e.